The molecule has 2 aromatic carbocycles. The number of benzene rings is 2. The normalized spacial score (nSPS) is 14.0. The molecule has 0 spiro atoms. The van der Waals surface area contributed by atoms with Crippen molar-refractivity contribution in [2.75, 3.05) is 23.9 Å². The zero-order valence-electron chi connectivity index (χ0n) is 18.0. The highest BCUT2D eigenvalue weighted by molar-refractivity contribution is 6.32. The first-order chi connectivity index (χ1) is 16.5. The summed E-state index contributed by atoms with van der Waals surface area (Å²) in [5, 5.41) is 24.2. The molecule has 0 saturated heterocycles. The summed E-state index contributed by atoms with van der Waals surface area (Å²) in [6.07, 6.45) is 1.81. The van der Waals surface area contributed by atoms with Crippen molar-refractivity contribution in [1.82, 2.24) is 10.3 Å². The number of halogens is 1. The summed E-state index contributed by atoms with van der Waals surface area (Å²) >= 11 is 6.59. The summed E-state index contributed by atoms with van der Waals surface area (Å²) in [4.78, 5) is 8.78. The Hall–Kier alpha value is -4.67. The molecule has 10 nitrogen and oxygen atoms in total. The Balaban J connectivity index is 1.80. The number of hydrogen-bond donors (Lipinski definition) is 4. The average molecular weight is 475 g/mol. The van der Waals surface area contributed by atoms with E-state index in [0.717, 1.165) is 5.56 Å². The summed E-state index contributed by atoms with van der Waals surface area (Å²) < 4.78 is 11.5. The molecule has 2 heterocycles. The number of fused-ring (bicyclic) bond motifs is 1. The standard InChI is InChI=1S/C23H19ClN8O2/c1-33-16-8-13(7-15(24)20(16)34-10-12-5-3-2-4-6-12)19-17-18(27)14(9-25)21(28)31-22(17)32-23(30-19)29-11-26/h2-8,19H,10H2,1H3,(H6,27,28,29,30,31,32). The lowest BCUT2D eigenvalue weighted by Gasteiger charge is -2.27. The van der Waals surface area contributed by atoms with E-state index < -0.39 is 6.04 Å². The second-order valence-corrected chi connectivity index (χ2v) is 7.62. The first kappa shape index (κ1) is 22.5. The average Bonchev–Trinajstić information content (AvgIpc) is 2.83. The SMILES string of the molecule is COc1cc(C2N=C(NC#N)Nc3nc(N)c(C#N)c(N)c32)cc(Cl)c1OCc1ccccc1. The van der Waals surface area contributed by atoms with Gasteiger partial charge in [-0.15, -0.1) is 0 Å². The molecule has 1 aliphatic rings. The van der Waals surface area contributed by atoms with Gasteiger partial charge in [-0.25, -0.2) is 9.98 Å². The van der Waals surface area contributed by atoms with Gasteiger partial charge in [-0.1, -0.05) is 41.9 Å². The highest BCUT2D eigenvalue weighted by Crippen LogP contribution is 2.45. The summed E-state index contributed by atoms with van der Waals surface area (Å²) in [6, 6.07) is 14.2. The molecule has 0 bridgehead atoms. The summed E-state index contributed by atoms with van der Waals surface area (Å²) in [6.45, 7) is 0.294. The Morgan fingerprint density at radius 2 is 1.97 bits per heavy atom. The molecule has 0 aliphatic carbocycles. The topological polar surface area (TPSA) is 167 Å². The smallest absolute Gasteiger partial charge is 0.211 e. The maximum absolute atomic E-state index is 9.49. The van der Waals surface area contributed by atoms with Crippen LogP contribution in [0.15, 0.2) is 47.5 Å². The summed E-state index contributed by atoms with van der Waals surface area (Å²) in [5.41, 5.74) is 14.3. The van der Waals surface area contributed by atoms with Crippen LogP contribution in [0.25, 0.3) is 0 Å². The number of guanidine groups is 1. The number of aromatic nitrogens is 1. The van der Waals surface area contributed by atoms with Crippen LogP contribution in [-0.2, 0) is 6.61 Å². The van der Waals surface area contributed by atoms with E-state index in [9.17, 15) is 5.26 Å². The van der Waals surface area contributed by atoms with Crippen LogP contribution in [0.3, 0.4) is 0 Å². The number of nitrogen functional groups attached to an aromatic ring is 2. The monoisotopic (exact) mass is 474 g/mol. The molecule has 1 atom stereocenters. The van der Waals surface area contributed by atoms with Gasteiger partial charge in [0.1, 0.15) is 35.9 Å². The van der Waals surface area contributed by atoms with E-state index in [1.807, 2.05) is 42.6 Å². The van der Waals surface area contributed by atoms with Crippen molar-refractivity contribution in [3.05, 3.63) is 69.7 Å². The van der Waals surface area contributed by atoms with Gasteiger partial charge in [-0.3, -0.25) is 5.32 Å². The Morgan fingerprint density at radius 1 is 1.21 bits per heavy atom. The second kappa shape index (κ2) is 9.45. The number of hydrogen-bond acceptors (Lipinski definition) is 10. The second-order valence-electron chi connectivity index (χ2n) is 7.21. The van der Waals surface area contributed by atoms with Crippen LogP contribution in [-0.4, -0.2) is 18.1 Å². The van der Waals surface area contributed by atoms with Crippen LogP contribution in [0.4, 0.5) is 17.3 Å². The van der Waals surface area contributed by atoms with Gasteiger partial charge in [0.2, 0.25) is 5.96 Å². The Labute approximate surface area is 200 Å². The zero-order chi connectivity index (χ0) is 24.2. The highest BCUT2D eigenvalue weighted by atomic mass is 35.5. The summed E-state index contributed by atoms with van der Waals surface area (Å²) in [7, 11) is 1.50. The van der Waals surface area contributed by atoms with Crippen molar-refractivity contribution in [3.63, 3.8) is 0 Å². The number of nitrogens with two attached hydrogens (primary N) is 2. The largest absolute Gasteiger partial charge is 0.493 e. The Kier molecular flexibility index (Phi) is 6.26. The minimum absolute atomic E-state index is 0.0384. The first-order valence-electron chi connectivity index (χ1n) is 9.99. The number of anilines is 3. The number of nitrogens with zero attached hydrogens (tertiary/aromatic N) is 4. The number of aliphatic imine (C=N–C) groups is 1. The number of rotatable bonds is 5. The molecule has 3 aromatic rings. The molecule has 0 radical (unpaired) electrons. The van der Waals surface area contributed by atoms with Gasteiger partial charge >= 0.3 is 0 Å². The van der Waals surface area contributed by atoms with Crippen LogP contribution in [0.2, 0.25) is 5.02 Å². The number of ether oxygens (including phenoxy) is 2. The molecule has 0 amide bonds. The molecule has 11 heteroatoms. The molecule has 34 heavy (non-hydrogen) atoms. The minimum atomic E-state index is -0.762. The van der Waals surface area contributed by atoms with Crippen molar-refractivity contribution in [1.29, 1.82) is 10.5 Å². The van der Waals surface area contributed by atoms with Crippen molar-refractivity contribution >= 4 is 34.9 Å². The maximum atomic E-state index is 9.49. The van der Waals surface area contributed by atoms with E-state index >= 15 is 0 Å². The quantitative estimate of drug-likeness (QED) is 0.320. The molecule has 4 rings (SSSR count). The zero-order valence-corrected chi connectivity index (χ0v) is 18.7. The fourth-order valence-electron chi connectivity index (χ4n) is 3.59. The van der Waals surface area contributed by atoms with E-state index in [1.54, 1.807) is 12.1 Å². The fourth-order valence-corrected chi connectivity index (χ4v) is 3.86. The van der Waals surface area contributed by atoms with E-state index in [1.165, 1.54) is 7.11 Å². The molecule has 1 aliphatic heterocycles. The van der Waals surface area contributed by atoms with E-state index in [0.29, 0.717) is 29.2 Å². The van der Waals surface area contributed by atoms with Crippen molar-refractivity contribution in [2.45, 2.75) is 12.6 Å². The third kappa shape index (κ3) is 4.18. The lowest BCUT2D eigenvalue weighted by Crippen LogP contribution is -2.32. The number of nitriles is 2. The van der Waals surface area contributed by atoms with Gasteiger partial charge in [-0.2, -0.15) is 10.5 Å². The van der Waals surface area contributed by atoms with E-state index in [2.05, 4.69) is 20.6 Å². The van der Waals surface area contributed by atoms with Crippen LogP contribution >= 0.6 is 11.6 Å². The third-order valence-corrected chi connectivity index (χ3v) is 5.43. The molecule has 1 aromatic heterocycles. The third-order valence-electron chi connectivity index (χ3n) is 5.15. The van der Waals surface area contributed by atoms with Crippen molar-refractivity contribution in [2.24, 2.45) is 4.99 Å². The predicted molar refractivity (Wildman–Crippen MR) is 128 cm³/mol. The van der Waals surface area contributed by atoms with Gasteiger partial charge in [0.05, 0.1) is 17.8 Å². The molecule has 0 fully saturated rings. The van der Waals surface area contributed by atoms with E-state index in [4.69, 9.17) is 37.8 Å². The van der Waals surface area contributed by atoms with Gasteiger partial charge in [0, 0.05) is 5.56 Å². The lowest BCUT2D eigenvalue weighted by molar-refractivity contribution is 0.284. The Bertz CT molecular complexity index is 1360. The molecule has 0 saturated carbocycles. The fraction of sp³-hybridized carbons (Fsp3) is 0.130. The van der Waals surface area contributed by atoms with Crippen molar-refractivity contribution in [3.8, 4) is 23.8 Å². The van der Waals surface area contributed by atoms with Crippen LogP contribution in [0.1, 0.15) is 28.3 Å². The van der Waals surface area contributed by atoms with Crippen LogP contribution < -0.4 is 31.6 Å². The van der Waals surface area contributed by atoms with Gasteiger partial charge in [0.15, 0.2) is 17.7 Å². The molecule has 1 unspecified atom stereocenters. The van der Waals surface area contributed by atoms with Gasteiger partial charge in [-0.05, 0) is 23.3 Å². The molecule has 6 N–H and O–H groups in total. The van der Waals surface area contributed by atoms with Crippen LogP contribution in [0.5, 0.6) is 11.5 Å². The van der Waals surface area contributed by atoms with Crippen molar-refractivity contribution < 1.29 is 9.47 Å². The number of nitrogens with one attached hydrogen (secondary N) is 2. The first-order valence-corrected chi connectivity index (χ1v) is 10.4. The predicted octanol–water partition coefficient (Wildman–Crippen LogP) is 3.30. The van der Waals surface area contributed by atoms with E-state index in [-0.39, 0.29) is 33.9 Å². The summed E-state index contributed by atoms with van der Waals surface area (Å²) in [5.74, 6) is 1.11. The minimum Gasteiger partial charge on any atom is -0.493 e. The van der Waals surface area contributed by atoms with Gasteiger partial charge in [0.25, 0.3) is 0 Å². The van der Waals surface area contributed by atoms with Crippen LogP contribution in [0, 0.1) is 22.8 Å². The highest BCUT2D eigenvalue weighted by Gasteiger charge is 2.31. The number of pyridine rings is 1. The molecule has 170 valence electrons. The Morgan fingerprint density at radius 3 is 2.65 bits per heavy atom. The maximum Gasteiger partial charge on any atom is 0.211 e. The molecular weight excluding hydrogens is 456 g/mol. The van der Waals surface area contributed by atoms with Gasteiger partial charge < -0.3 is 26.3 Å². The number of methoxy groups -OCH3 is 1. The molecular formula is C23H19ClN8O2. The lowest BCUT2D eigenvalue weighted by atomic mass is 9.95.